The first-order valence-electron chi connectivity index (χ1n) is 0. The number of hydrogen-bond acceptors (Lipinski definition) is 0. The molecule has 0 saturated heterocycles. The predicted octanol–water partition coefficient (Wildman–Crippen LogP) is -3.30. The van der Waals surface area contributed by atoms with Gasteiger partial charge in [0.2, 0.25) is 0 Å². The smallest absolute Gasteiger partial charge is 0 e. The minimum absolute atomic E-state index is 0. The summed E-state index contributed by atoms with van der Waals surface area (Å²) in [4.78, 5) is 0. The van der Waals surface area contributed by atoms with Gasteiger partial charge in [0.25, 0.3) is 0 Å². The molecular weight excluding hydrogens is 1070 g/mol. The van der Waals surface area contributed by atoms with Crippen LogP contribution in [0.15, 0.2) is 0 Å². The molecule has 0 saturated carbocycles. The topological polar surface area (TPSA) is 126 Å². The molecule has 4 nitrogen and oxygen atoms in total. The average molecular weight is 1080 g/mol. The molecule has 0 heterocycles. The molecule has 0 aromatic heterocycles. The Kier molecular flexibility index (Phi) is 567. The van der Waals surface area contributed by atoms with Gasteiger partial charge in [-0.05, 0) is 0 Å². The van der Waals surface area contributed by atoms with Crippen LogP contribution in [0.5, 0.6) is 0 Å². The Morgan fingerprint density at radius 3 is 0.333 bits per heavy atom. The summed E-state index contributed by atoms with van der Waals surface area (Å²) in [6.07, 6.45) is 0. The molecule has 8 N–H and O–H groups in total. The fourth-order valence-electron chi connectivity index (χ4n) is 0. The minimum atomic E-state index is 0. The van der Waals surface area contributed by atoms with Gasteiger partial charge in [-0.1, -0.05) is 0 Å². The van der Waals surface area contributed by atoms with Gasteiger partial charge in [-0.3, -0.25) is 0 Å². The molecule has 0 aromatic carbocycles. The molecule has 0 unspecified atom stereocenters. The van der Waals surface area contributed by atoms with Crippen molar-refractivity contribution < 1.29 is 218 Å². The molecule has 0 amide bonds. The van der Waals surface area contributed by atoms with E-state index in [2.05, 4.69) is 0 Å². The van der Waals surface area contributed by atoms with Gasteiger partial charge in [-0.15, -0.1) is 0 Å². The van der Waals surface area contributed by atoms with E-state index in [1.807, 2.05) is 0 Å². The summed E-state index contributed by atoms with van der Waals surface area (Å²) in [5, 5.41) is 0. The van der Waals surface area contributed by atoms with Gasteiger partial charge in [0.15, 0.2) is 0 Å². The van der Waals surface area contributed by atoms with Crippen LogP contribution in [0.25, 0.3) is 0 Å². The van der Waals surface area contributed by atoms with Crippen molar-refractivity contribution in [3.8, 4) is 0 Å². The van der Waals surface area contributed by atoms with Gasteiger partial charge < -0.3 is 21.9 Å². The molecular formula is H8Ac4O4Rh. The number of rotatable bonds is 0. The Morgan fingerprint density at radius 2 is 0.333 bits per heavy atom. The van der Waals surface area contributed by atoms with E-state index in [0.29, 0.717) is 0 Å². The summed E-state index contributed by atoms with van der Waals surface area (Å²) in [5.74, 6) is 0. The molecule has 0 fully saturated rings. The molecule has 0 rings (SSSR count). The second kappa shape index (κ2) is 64.2. The van der Waals surface area contributed by atoms with Crippen LogP contribution >= 0.6 is 0 Å². The van der Waals surface area contributed by atoms with Crippen LogP contribution < -0.4 is 0 Å². The zero-order chi connectivity index (χ0) is 0. The van der Waals surface area contributed by atoms with Crippen molar-refractivity contribution in [2.24, 2.45) is 0 Å². The largest absolute Gasteiger partial charge is 0.412 e. The summed E-state index contributed by atoms with van der Waals surface area (Å²) in [5.41, 5.74) is 0. The SMILES string of the molecule is O.O.O.O.[Ac].[Ac].[Ac].[Ac].[Rh]. The first kappa shape index (κ1) is 79.5. The fraction of sp³-hybridized carbons (Fsp3) is 0. The maximum absolute atomic E-state index is 0. The van der Waals surface area contributed by atoms with Crippen LogP contribution in [-0.4, -0.2) is 21.9 Å². The summed E-state index contributed by atoms with van der Waals surface area (Å²) < 4.78 is 0. The zero-order valence-corrected chi connectivity index (χ0v) is 25.3. The fourth-order valence-corrected chi connectivity index (χ4v) is 0. The van der Waals surface area contributed by atoms with Crippen molar-refractivity contribution >= 4 is 0 Å². The van der Waals surface area contributed by atoms with Crippen LogP contribution in [0.1, 0.15) is 0 Å². The van der Waals surface area contributed by atoms with Crippen LogP contribution in [0.4, 0.5) is 0 Å². The van der Waals surface area contributed by atoms with Gasteiger partial charge in [-0.25, -0.2) is 0 Å². The molecule has 0 spiro atoms. The Bertz CT molecular complexity index is 12.5. The molecule has 53 valence electrons. The average Bonchev–Trinajstić information content (AvgIpc) is 0. The van der Waals surface area contributed by atoms with Gasteiger partial charge in [0.05, 0.1) is 0 Å². The molecule has 0 aliphatic rings. The van der Waals surface area contributed by atoms with Crippen LogP contribution in [-0.2, 0) is 19.5 Å². The molecule has 0 aliphatic carbocycles. The molecule has 0 bridgehead atoms. The van der Waals surface area contributed by atoms with Gasteiger partial charge in [0, 0.05) is 196 Å². The minimum Gasteiger partial charge on any atom is -0.412 e. The zero-order valence-electron chi connectivity index (χ0n) is 4.64. The Labute approximate surface area is 210 Å². The van der Waals surface area contributed by atoms with E-state index < -0.39 is 0 Å². The monoisotopic (exact) mass is 1080 g/mol. The Hall–Kier alpha value is 6.23. The predicted molar refractivity (Wildman–Crippen MR) is 14.5 cm³/mol. The van der Waals surface area contributed by atoms with Gasteiger partial charge in [0.1, 0.15) is 0 Å². The van der Waals surface area contributed by atoms with Crippen molar-refractivity contribution in [3.63, 3.8) is 0 Å². The third-order valence-electron chi connectivity index (χ3n) is 0. The molecule has 0 atom stereocenters. The quantitative estimate of drug-likeness (QED) is 0.226. The van der Waals surface area contributed by atoms with E-state index in [1.165, 1.54) is 0 Å². The Morgan fingerprint density at radius 1 is 0.333 bits per heavy atom. The Balaban J connectivity index is 0. The molecule has 5 radical (unpaired) electrons. The summed E-state index contributed by atoms with van der Waals surface area (Å²) in [6.45, 7) is 0. The number of hydrogen-bond donors (Lipinski definition) is 0. The van der Waals surface area contributed by atoms with E-state index in [4.69, 9.17) is 0 Å². The molecule has 0 aliphatic heterocycles. The summed E-state index contributed by atoms with van der Waals surface area (Å²) >= 11 is 0. The maximum Gasteiger partial charge on any atom is 0 e. The van der Waals surface area contributed by atoms with E-state index in [0.717, 1.165) is 0 Å². The first-order chi connectivity index (χ1) is 0. The molecule has 9 heavy (non-hydrogen) atoms. The first-order valence-corrected chi connectivity index (χ1v) is 0. The van der Waals surface area contributed by atoms with Gasteiger partial charge >= 0.3 is 0 Å². The second-order valence-corrected chi connectivity index (χ2v) is 0. The van der Waals surface area contributed by atoms with E-state index in [9.17, 15) is 0 Å². The van der Waals surface area contributed by atoms with Crippen LogP contribution in [0, 0.1) is 176 Å². The molecule has 0 aromatic rings. The van der Waals surface area contributed by atoms with Gasteiger partial charge in [-0.2, -0.15) is 0 Å². The van der Waals surface area contributed by atoms with Crippen molar-refractivity contribution in [3.05, 3.63) is 0 Å². The van der Waals surface area contributed by atoms with Crippen molar-refractivity contribution in [2.45, 2.75) is 0 Å². The molecule has 9 heteroatoms. The van der Waals surface area contributed by atoms with Crippen molar-refractivity contribution in [1.82, 2.24) is 0 Å². The normalized spacial score (nSPS) is 0. The summed E-state index contributed by atoms with van der Waals surface area (Å²) in [7, 11) is 0. The van der Waals surface area contributed by atoms with Crippen molar-refractivity contribution in [2.75, 3.05) is 0 Å². The van der Waals surface area contributed by atoms with Crippen LogP contribution in [0.3, 0.4) is 0 Å². The second-order valence-electron chi connectivity index (χ2n) is 0. The van der Waals surface area contributed by atoms with E-state index >= 15 is 0 Å². The van der Waals surface area contributed by atoms with E-state index in [1.54, 1.807) is 0 Å². The standard InChI is InChI=1S/4Ac.4H2O.Rh/h;;;;4*1H2;. The van der Waals surface area contributed by atoms with Crippen LogP contribution in [0.2, 0.25) is 0 Å². The van der Waals surface area contributed by atoms with Crippen molar-refractivity contribution in [1.29, 1.82) is 0 Å². The third kappa shape index (κ3) is 54.8. The van der Waals surface area contributed by atoms with E-state index in [-0.39, 0.29) is 218 Å². The maximum atomic E-state index is 0. The third-order valence-corrected chi connectivity index (χ3v) is 0. The summed E-state index contributed by atoms with van der Waals surface area (Å²) in [6, 6.07) is 0.